The van der Waals surface area contributed by atoms with E-state index in [0.717, 1.165) is 4.57 Å². The Morgan fingerprint density at radius 2 is 1.95 bits per heavy atom. The molecule has 0 amide bonds. The summed E-state index contributed by atoms with van der Waals surface area (Å²) in [5, 5.41) is 7.55. The summed E-state index contributed by atoms with van der Waals surface area (Å²) in [5.74, 6) is 0. The number of rotatable bonds is 5. The molecule has 0 aliphatic carbocycles. The molecule has 0 spiro atoms. The fourth-order valence-electron chi connectivity index (χ4n) is 2.13. The summed E-state index contributed by atoms with van der Waals surface area (Å²) in [6.45, 7) is 4.56. The molecule has 2 aromatic heterocycles. The highest BCUT2D eigenvalue weighted by atomic mass is 16.2. The third kappa shape index (κ3) is 3.13. The lowest BCUT2D eigenvalue weighted by molar-refractivity contribution is 0.361. The van der Waals surface area contributed by atoms with Crippen molar-refractivity contribution in [3.63, 3.8) is 0 Å². The minimum atomic E-state index is -0.313. The van der Waals surface area contributed by atoms with E-state index in [1.807, 2.05) is 23.9 Å². The third-order valence-corrected chi connectivity index (χ3v) is 3.90. The highest BCUT2D eigenvalue weighted by Crippen LogP contribution is 2.09. The smallest absolute Gasteiger partial charge is 0.307 e. The van der Waals surface area contributed by atoms with Gasteiger partial charge in [0.2, 0.25) is 0 Å². The Hall–Kier alpha value is -2.15. The highest BCUT2D eigenvalue weighted by molar-refractivity contribution is 5.02. The van der Waals surface area contributed by atoms with Gasteiger partial charge >= 0.3 is 5.69 Å². The van der Waals surface area contributed by atoms with E-state index < -0.39 is 0 Å². The first kappa shape index (κ1) is 15.2. The molecule has 0 radical (unpaired) electrons. The molecule has 0 saturated heterocycles. The fraction of sp³-hybridized carbons (Fsp3) is 0.500. The fourth-order valence-corrected chi connectivity index (χ4v) is 2.13. The summed E-state index contributed by atoms with van der Waals surface area (Å²) in [4.78, 5) is 23.5. The number of aromatic nitrogens is 4. The zero-order valence-corrected chi connectivity index (χ0v) is 12.8. The summed E-state index contributed by atoms with van der Waals surface area (Å²) in [6, 6.07) is 3.68. The zero-order chi connectivity index (χ0) is 15.6. The molecule has 21 heavy (non-hydrogen) atoms. The number of nitrogens with one attached hydrogen (secondary N) is 1. The maximum Gasteiger partial charge on any atom is 0.330 e. The van der Waals surface area contributed by atoms with Gasteiger partial charge in [0.15, 0.2) is 0 Å². The van der Waals surface area contributed by atoms with Crippen molar-refractivity contribution in [1.29, 1.82) is 0 Å². The van der Waals surface area contributed by atoms with Gasteiger partial charge in [-0.15, -0.1) is 0 Å². The monoisotopic (exact) mass is 291 g/mol. The van der Waals surface area contributed by atoms with Crippen LogP contribution in [-0.2, 0) is 20.6 Å². The standard InChI is InChI=1S/C14H21N5O2/c1-10(11(2)19-7-5-6-16-19)15-9-12-8-13(20)18(4)14(21)17(12)3/h5-8,10-11,15H,9H2,1-4H3/t10-,11+/m1/s1. The largest absolute Gasteiger partial charge is 0.330 e. The molecule has 0 unspecified atom stereocenters. The van der Waals surface area contributed by atoms with Crippen molar-refractivity contribution in [2.75, 3.05) is 0 Å². The minimum Gasteiger partial charge on any atom is -0.307 e. The van der Waals surface area contributed by atoms with E-state index >= 15 is 0 Å². The summed E-state index contributed by atoms with van der Waals surface area (Å²) in [7, 11) is 3.14. The zero-order valence-electron chi connectivity index (χ0n) is 12.8. The minimum absolute atomic E-state index is 0.143. The first-order chi connectivity index (χ1) is 9.91. The Kier molecular flexibility index (Phi) is 4.42. The van der Waals surface area contributed by atoms with Crippen LogP contribution in [0.2, 0.25) is 0 Å². The van der Waals surface area contributed by atoms with Crippen molar-refractivity contribution in [1.82, 2.24) is 24.2 Å². The van der Waals surface area contributed by atoms with Crippen LogP contribution in [0.5, 0.6) is 0 Å². The summed E-state index contributed by atoms with van der Waals surface area (Å²) in [6.07, 6.45) is 3.66. The Bertz CT molecular complexity index is 714. The van der Waals surface area contributed by atoms with Gasteiger partial charge in [-0.05, 0) is 19.9 Å². The second-order valence-electron chi connectivity index (χ2n) is 5.27. The summed E-state index contributed by atoms with van der Waals surface area (Å²) in [5.41, 5.74) is 0.0670. The maximum atomic E-state index is 11.9. The average Bonchev–Trinajstić information content (AvgIpc) is 3.00. The van der Waals surface area contributed by atoms with Crippen molar-refractivity contribution in [3.05, 3.63) is 51.1 Å². The summed E-state index contributed by atoms with van der Waals surface area (Å²) >= 11 is 0. The van der Waals surface area contributed by atoms with Gasteiger partial charge in [0.1, 0.15) is 0 Å². The van der Waals surface area contributed by atoms with E-state index in [4.69, 9.17) is 0 Å². The van der Waals surface area contributed by atoms with Crippen LogP contribution in [0.25, 0.3) is 0 Å². The van der Waals surface area contributed by atoms with E-state index in [1.165, 1.54) is 17.7 Å². The van der Waals surface area contributed by atoms with Gasteiger partial charge in [0.05, 0.1) is 6.04 Å². The normalized spacial score (nSPS) is 14.1. The molecule has 2 atom stereocenters. The van der Waals surface area contributed by atoms with Crippen LogP contribution < -0.4 is 16.6 Å². The van der Waals surface area contributed by atoms with E-state index in [1.54, 1.807) is 13.2 Å². The third-order valence-electron chi connectivity index (χ3n) is 3.90. The second-order valence-corrected chi connectivity index (χ2v) is 5.27. The molecular formula is C14H21N5O2. The van der Waals surface area contributed by atoms with Crippen LogP contribution in [0.15, 0.2) is 34.1 Å². The first-order valence-corrected chi connectivity index (χ1v) is 6.90. The second kappa shape index (κ2) is 6.09. The lowest BCUT2D eigenvalue weighted by Gasteiger charge is -2.22. The predicted molar refractivity (Wildman–Crippen MR) is 80.2 cm³/mol. The molecular weight excluding hydrogens is 270 g/mol. The Morgan fingerprint density at radius 3 is 2.57 bits per heavy atom. The average molecular weight is 291 g/mol. The van der Waals surface area contributed by atoms with Gasteiger partial charge in [-0.25, -0.2) is 4.79 Å². The molecule has 2 aromatic rings. The van der Waals surface area contributed by atoms with Gasteiger partial charge < -0.3 is 5.32 Å². The van der Waals surface area contributed by atoms with E-state index in [0.29, 0.717) is 12.2 Å². The molecule has 0 bridgehead atoms. The molecule has 0 aliphatic heterocycles. The quantitative estimate of drug-likeness (QED) is 0.843. The maximum absolute atomic E-state index is 11.9. The predicted octanol–water partition coefficient (Wildman–Crippen LogP) is 0.0198. The Labute approximate surface area is 122 Å². The van der Waals surface area contributed by atoms with Crippen molar-refractivity contribution in [2.24, 2.45) is 14.1 Å². The molecule has 0 aliphatic rings. The van der Waals surface area contributed by atoms with Gasteiger partial charge in [-0.3, -0.25) is 18.6 Å². The van der Waals surface area contributed by atoms with E-state index in [9.17, 15) is 9.59 Å². The van der Waals surface area contributed by atoms with Crippen LogP contribution in [0.1, 0.15) is 25.6 Å². The van der Waals surface area contributed by atoms with Crippen molar-refractivity contribution >= 4 is 0 Å². The molecule has 7 nitrogen and oxygen atoms in total. The van der Waals surface area contributed by atoms with Gasteiger partial charge in [-0.2, -0.15) is 5.10 Å². The SMILES string of the molecule is C[C@@H](NCc1cc(=O)n(C)c(=O)n1C)[C@H](C)n1cccn1. The van der Waals surface area contributed by atoms with Gasteiger partial charge in [0, 0.05) is 50.8 Å². The van der Waals surface area contributed by atoms with Crippen LogP contribution in [0.4, 0.5) is 0 Å². The van der Waals surface area contributed by atoms with Crippen LogP contribution in [0, 0.1) is 0 Å². The molecule has 0 saturated carbocycles. The Morgan fingerprint density at radius 1 is 1.24 bits per heavy atom. The van der Waals surface area contributed by atoms with Crippen molar-refractivity contribution in [2.45, 2.75) is 32.5 Å². The number of hydrogen-bond acceptors (Lipinski definition) is 4. The number of hydrogen-bond donors (Lipinski definition) is 1. The molecule has 7 heteroatoms. The lowest BCUT2D eigenvalue weighted by Crippen LogP contribution is -2.40. The molecule has 0 aromatic carbocycles. The van der Waals surface area contributed by atoms with Crippen molar-refractivity contribution < 1.29 is 0 Å². The molecule has 2 rings (SSSR count). The van der Waals surface area contributed by atoms with Gasteiger partial charge in [0.25, 0.3) is 5.56 Å². The molecule has 0 fully saturated rings. The van der Waals surface area contributed by atoms with Crippen molar-refractivity contribution in [3.8, 4) is 0 Å². The topological polar surface area (TPSA) is 73.8 Å². The van der Waals surface area contributed by atoms with E-state index in [2.05, 4.69) is 17.3 Å². The van der Waals surface area contributed by atoms with Gasteiger partial charge in [-0.1, -0.05) is 0 Å². The summed E-state index contributed by atoms with van der Waals surface area (Å²) < 4.78 is 4.46. The first-order valence-electron chi connectivity index (χ1n) is 6.90. The molecule has 1 N–H and O–H groups in total. The Balaban J connectivity index is 2.10. The number of nitrogens with zero attached hydrogens (tertiary/aromatic N) is 4. The van der Waals surface area contributed by atoms with E-state index in [-0.39, 0.29) is 23.3 Å². The molecule has 2 heterocycles. The molecule has 114 valence electrons. The lowest BCUT2D eigenvalue weighted by atomic mass is 10.1. The highest BCUT2D eigenvalue weighted by Gasteiger charge is 2.14. The van der Waals surface area contributed by atoms with Crippen LogP contribution in [0.3, 0.4) is 0 Å². The van der Waals surface area contributed by atoms with Crippen LogP contribution in [-0.4, -0.2) is 25.0 Å². The van der Waals surface area contributed by atoms with Crippen LogP contribution >= 0.6 is 0 Å².